The van der Waals surface area contributed by atoms with Gasteiger partial charge in [0.25, 0.3) is 5.91 Å². The summed E-state index contributed by atoms with van der Waals surface area (Å²) in [7, 11) is 0. The van der Waals surface area contributed by atoms with Crippen molar-refractivity contribution in [2.24, 2.45) is 5.92 Å². The zero-order valence-electron chi connectivity index (χ0n) is 13.2. The van der Waals surface area contributed by atoms with E-state index in [0.717, 1.165) is 16.5 Å². The van der Waals surface area contributed by atoms with Gasteiger partial charge in [0.2, 0.25) is 0 Å². The number of benzene rings is 1. The lowest BCUT2D eigenvalue weighted by molar-refractivity contribution is -0.00144. The van der Waals surface area contributed by atoms with E-state index in [1.165, 1.54) is 38.8 Å². The Morgan fingerprint density at radius 1 is 1.22 bits per heavy atom. The van der Waals surface area contributed by atoms with Gasteiger partial charge in [-0.1, -0.05) is 6.07 Å². The molecule has 1 N–H and O–H groups in total. The maximum absolute atomic E-state index is 12.8. The third-order valence-corrected chi connectivity index (χ3v) is 6.13. The van der Waals surface area contributed by atoms with Gasteiger partial charge in [0.1, 0.15) is 0 Å². The summed E-state index contributed by atoms with van der Waals surface area (Å²) in [6.07, 6.45) is 6.74. The molecule has 6 rings (SSSR count). The maximum atomic E-state index is 12.8. The molecule has 3 saturated heterocycles. The molecule has 2 bridgehead atoms. The molecular weight excluding hydrogens is 286 g/mol. The van der Waals surface area contributed by atoms with Crippen molar-refractivity contribution in [1.82, 2.24) is 15.2 Å². The van der Waals surface area contributed by atoms with Crippen molar-refractivity contribution in [3.05, 3.63) is 42.1 Å². The van der Waals surface area contributed by atoms with Gasteiger partial charge >= 0.3 is 0 Å². The second-order valence-electron chi connectivity index (χ2n) is 7.29. The highest BCUT2D eigenvalue weighted by Crippen LogP contribution is 2.53. The van der Waals surface area contributed by atoms with Crippen LogP contribution in [0.1, 0.15) is 36.0 Å². The standard InChI is InChI=1S/C19H21N3O/c23-18(15-3-4-16-14(12-15)2-1-9-20-16)21-17-13-5-10-22(11-6-13)19(17)7-8-19/h1-4,9,12-13,17H,5-8,10-11H2,(H,21,23)/t17-/m0/s1. The van der Waals surface area contributed by atoms with Gasteiger partial charge in [0, 0.05) is 22.7 Å². The lowest BCUT2D eigenvalue weighted by Crippen LogP contribution is -2.65. The molecule has 4 heterocycles. The lowest BCUT2D eigenvalue weighted by Gasteiger charge is -2.52. The highest BCUT2D eigenvalue weighted by molar-refractivity contribution is 5.98. The first-order valence-electron chi connectivity index (χ1n) is 8.67. The molecule has 4 nitrogen and oxygen atoms in total. The smallest absolute Gasteiger partial charge is 0.251 e. The third-order valence-electron chi connectivity index (χ3n) is 6.13. The van der Waals surface area contributed by atoms with Crippen molar-refractivity contribution in [1.29, 1.82) is 0 Å². The van der Waals surface area contributed by atoms with Crippen LogP contribution in [0, 0.1) is 5.92 Å². The fraction of sp³-hybridized carbons (Fsp3) is 0.474. The van der Waals surface area contributed by atoms with Crippen molar-refractivity contribution in [3.8, 4) is 0 Å². The molecule has 1 atom stereocenters. The van der Waals surface area contributed by atoms with Gasteiger partial charge in [-0.3, -0.25) is 14.7 Å². The predicted octanol–water partition coefficient (Wildman–Crippen LogP) is 2.59. The number of piperidine rings is 3. The third kappa shape index (κ3) is 2.01. The molecule has 1 aliphatic carbocycles. The molecule has 4 fully saturated rings. The van der Waals surface area contributed by atoms with Crippen LogP contribution in [0.5, 0.6) is 0 Å². The number of carbonyl (C=O) groups excluding carboxylic acids is 1. The summed E-state index contributed by atoms with van der Waals surface area (Å²) >= 11 is 0. The molecule has 0 unspecified atom stereocenters. The monoisotopic (exact) mass is 307 g/mol. The summed E-state index contributed by atoms with van der Waals surface area (Å²) in [5.74, 6) is 0.731. The van der Waals surface area contributed by atoms with Gasteiger partial charge in [-0.2, -0.15) is 0 Å². The van der Waals surface area contributed by atoms with Crippen LogP contribution in [0.4, 0.5) is 0 Å². The van der Waals surface area contributed by atoms with E-state index in [1.807, 2.05) is 30.3 Å². The van der Waals surface area contributed by atoms with Crippen LogP contribution in [-0.2, 0) is 0 Å². The topological polar surface area (TPSA) is 45.2 Å². The number of fused-ring (bicyclic) bond motifs is 3. The van der Waals surface area contributed by atoms with E-state index in [0.29, 0.717) is 12.0 Å². The molecule has 2 aromatic rings. The number of hydrogen-bond donors (Lipinski definition) is 1. The first-order chi connectivity index (χ1) is 11.3. The molecule has 1 aromatic carbocycles. The molecule has 3 aliphatic heterocycles. The Bertz CT molecular complexity index is 775. The van der Waals surface area contributed by atoms with Crippen LogP contribution in [0.25, 0.3) is 10.9 Å². The lowest BCUT2D eigenvalue weighted by atomic mass is 9.77. The van der Waals surface area contributed by atoms with Gasteiger partial charge in [0.05, 0.1) is 11.6 Å². The molecule has 1 amide bonds. The zero-order valence-corrected chi connectivity index (χ0v) is 13.2. The van der Waals surface area contributed by atoms with Crippen molar-refractivity contribution in [3.63, 3.8) is 0 Å². The first kappa shape index (κ1) is 13.5. The fourth-order valence-corrected chi connectivity index (χ4v) is 4.76. The van der Waals surface area contributed by atoms with Crippen LogP contribution in [0.15, 0.2) is 36.5 Å². The van der Waals surface area contributed by atoms with Gasteiger partial charge in [-0.05, 0) is 69.0 Å². The summed E-state index contributed by atoms with van der Waals surface area (Å²) in [4.78, 5) is 19.7. The summed E-state index contributed by atoms with van der Waals surface area (Å²) < 4.78 is 0. The average molecular weight is 307 g/mol. The number of aromatic nitrogens is 1. The molecule has 1 spiro atoms. The highest BCUT2D eigenvalue weighted by Gasteiger charge is 2.60. The minimum Gasteiger partial charge on any atom is -0.347 e. The van der Waals surface area contributed by atoms with E-state index in [9.17, 15) is 4.79 Å². The van der Waals surface area contributed by atoms with E-state index < -0.39 is 0 Å². The predicted molar refractivity (Wildman–Crippen MR) is 89.3 cm³/mol. The first-order valence-corrected chi connectivity index (χ1v) is 8.67. The molecule has 4 aliphatic rings. The second-order valence-corrected chi connectivity index (χ2v) is 7.29. The number of carbonyl (C=O) groups is 1. The normalized spacial score (nSPS) is 30.5. The molecule has 23 heavy (non-hydrogen) atoms. The zero-order chi connectivity index (χ0) is 15.4. The SMILES string of the molecule is O=C(N[C@H]1C2CCN(CC2)C12CC2)c1ccc2ncccc2c1. The molecule has 4 heteroatoms. The van der Waals surface area contributed by atoms with Crippen LogP contribution in [-0.4, -0.2) is 40.5 Å². The number of pyridine rings is 1. The molecular formula is C19H21N3O. The number of nitrogens with zero attached hydrogens (tertiary/aromatic N) is 2. The summed E-state index contributed by atoms with van der Waals surface area (Å²) in [6.45, 7) is 2.44. The highest BCUT2D eigenvalue weighted by atomic mass is 16.1. The van der Waals surface area contributed by atoms with Crippen molar-refractivity contribution < 1.29 is 4.79 Å². The quantitative estimate of drug-likeness (QED) is 0.927. The number of rotatable bonds is 2. The second kappa shape index (κ2) is 4.78. The van der Waals surface area contributed by atoms with Gasteiger partial charge in [0.15, 0.2) is 0 Å². The fourth-order valence-electron chi connectivity index (χ4n) is 4.76. The largest absolute Gasteiger partial charge is 0.347 e. The van der Waals surface area contributed by atoms with Crippen LogP contribution < -0.4 is 5.32 Å². The number of nitrogens with one attached hydrogen (secondary N) is 1. The Labute approximate surface area is 135 Å². The summed E-state index contributed by atoms with van der Waals surface area (Å²) in [5, 5.41) is 4.41. The summed E-state index contributed by atoms with van der Waals surface area (Å²) in [6, 6.07) is 10.0. The van der Waals surface area contributed by atoms with E-state index in [2.05, 4.69) is 15.2 Å². The minimum atomic E-state index is 0.0702. The van der Waals surface area contributed by atoms with Crippen molar-refractivity contribution >= 4 is 16.8 Å². The van der Waals surface area contributed by atoms with Gasteiger partial charge in [-0.15, -0.1) is 0 Å². The van der Waals surface area contributed by atoms with Gasteiger partial charge in [-0.25, -0.2) is 0 Å². The Morgan fingerprint density at radius 2 is 2.04 bits per heavy atom. The maximum Gasteiger partial charge on any atom is 0.251 e. The Balaban J connectivity index is 1.42. The van der Waals surface area contributed by atoms with Crippen LogP contribution >= 0.6 is 0 Å². The van der Waals surface area contributed by atoms with E-state index in [4.69, 9.17) is 0 Å². The Morgan fingerprint density at radius 3 is 2.83 bits per heavy atom. The van der Waals surface area contributed by atoms with E-state index in [1.54, 1.807) is 6.20 Å². The van der Waals surface area contributed by atoms with Crippen LogP contribution in [0.2, 0.25) is 0 Å². The minimum absolute atomic E-state index is 0.0702. The van der Waals surface area contributed by atoms with Crippen molar-refractivity contribution in [2.75, 3.05) is 13.1 Å². The van der Waals surface area contributed by atoms with E-state index >= 15 is 0 Å². The number of amides is 1. The summed E-state index contributed by atoms with van der Waals surface area (Å²) in [5.41, 5.74) is 1.97. The van der Waals surface area contributed by atoms with E-state index in [-0.39, 0.29) is 11.4 Å². The average Bonchev–Trinajstić information content (AvgIpc) is 3.39. The molecule has 1 saturated carbocycles. The molecule has 118 valence electrons. The molecule has 1 aromatic heterocycles. The Hall–Kier alpha value is -1.94. The Kier molecular flexibility index (Phi) is 2.80. The number of hydrogen-bond acceptors (Lipinski definition) is 3. The van der Waals surface area contributed by atoms with Crippen molar-refractivity contribution in [2.45, 2.75) is 37.3 Å². The van der Waals surface area contributed by atoms with Crippen LogP contribution in [0.3, 0.4) is 0 Å². The van der Waals surface area contributed by atoms with Gasteiger partial charge < -0.3 is 5.32 Å². The molecule has 0 radical (unpaired) electrons.